The second-order valence-electron chi connectivity index (χ2n) is 5.26. The molecule has 0 aliphatic carbocycles. The van der Waals surface area contributed by atoms with Gasteiger partial charge in [-0.2, -0.15) is 0 Å². The lowest BCUT2D eigenvalue weighted by Crippen LogP contribution is -2.37. The molecule has 1 aromatic carbocycles. The maximum absolute atomic E-state index is 6.08. The van der Waals surface area contributed by atoms with Crippen molar-refractivity contribution in [2.75, 3.05) is 17.2 Å². The number of piperidine rings is 1. The summed E-state index contributed by atoms with van der Waals surface area (Å²) in [6, 6.07) is 6.73. The van der Waals surface area contributed by atoms with Gasteiger partial charge in [-0.15, -0.1) is 0 Å². The van der Waals surface area contributed by atoms with Crippen molar-refractivity contribution in [2.45, 2.75) is 32.2 Å². The molecule has 2 N–H and O–H groups in total. The van der Waals surface area contributed by atoms with Gasteiger partial charge in [-0.1, -0.05) is 0 Å². The molecule has 1 aromatic heterocycles. The summed E-state index contributed by atoms with van der Waals surface area (Å²) in [5.74, 6) is 0. The number of fused-ring (bicyclic) bond motifs is 1. The van der Waals surface area contributed by atoms with Gasteiger partial charge in [0, 0.05) is 34.3 Å². The number of anilines is 2. The highest BCUT2D eigenvalue weighted by Gasteiger charge is 2.21. The summed E-state index contributed by atoms with van der Waals surface area (Å²) < 4.78 is 0.968. The lowest BCUT2D eigenvalue weighted by molar-refractivity contribution is 0.485. The van der Waals surface area contributed by atoms with Gasteiger partial charge in [-0.3, -0.25) is 4.98 Å². The number of nitrogens with two attached hydrogens (primary N) is 1. The number of rotatable bonds is 1. The first kappa shape index (κ1) is 12.7. The predicted molar refractivity (Wildman–Crippen MR) is 84.5 cm³/mol. The smallest absolute Gasteiger partial charge is 0.0956 e. The zero-order chi connectivity index (χ0) is 13.4. The minimum Gasteiger partial charge on any atom is -0.398 e. The third-order valence-corrected chi connectivity index (χ3v) is 4.37. The summed E-state index contributed by atoms with van der Waals surface area (Å²) in [4.78, 5) is 7.05. The van der Waals surface area contributed by atoms with E-state index < -0.39 is 0 Å². The SMILES string of the molecule is CC1CCCCN1c1ccc(N)c2cc(Br)cnc12. The van der Waals surface area contributed by atoms with E-state index in [-0.39, 0.29) is 0 Å². The number of hydrogen-bond donors (Lipinski definition) is 1. The van der Waals surface area contributed by atoms with E-state index in [1.807, 2.05) is 12.3 Å². The van der Waals surface area contributed by atoms with Crippen molar-refractivity contribution >= 4 is 38.2 Å². The van der Waals surface area contributed by atoms with Gasteiger partial charge in [-0.25, -0.2) is 0 Å². The molecule has 1 aliphatic heterocycles. The Labute approximate surface area is 121 Å². The molecular formula is C15H18BrN3. The van der Waals surface area contributed by atoms with Crippen molar-refractivity contribution in [1.82, 2.24) is 4.98 Å². The van der Waals surface area contributed by atoms with Gasteiger partial charge in [0.05, 0.1) is 11.2 Å². The van der Waals surface area contributed by atoms with Crippen molar-refractivity contribution in [3.8, 4) is 0 Å². The second kappa shape index (κ2) is 5.00. The first-order valence-electron chi connectivity index (χ1n) is 6.77. The van der Waals surface area contributed by atoms with E-state index in [4.69, 9.17) is 5.73 Å². The third-order valence-electron chi connectivity index (χ3n) is 3.94. The molecule has 1 saturated heterocycles. The van der Waals surface area contributed by atoms with Crippen LogP contribution in [0.4, 0.5) is 11.4 Å². The second-order valence-corrected chi connectivity index (χ2v) is 6.18. The number of halogens is 1. The van der Waals surface area contributed by atoms with Gasteiger partial charge in [0.15, 0.2) is 0 Å². The molecule has 2 aromatic rings. The maximum Gasteiger partial charge on any atom is 0.0956 e. The minimum atomic E-state index is 0.575. The van der Waals surface area contributed by atoms with Crippen molar-refractivity contribution < 1.29 is 0 Å². The summed E-state index contributed by atoms with van der Waals surface area (Å²) in [6.07, 6.45) is 5.68. The first-order valence-corrected chi connectivity index (χ1v) is 7.56. The highest BCUT2D eigenvalue weighted by Crippen LogP contribution is 2.34. The van der Waals surface area contributed by atoms with Gasteiger partial charge < -0.3 is 10.6 Å². The molecule has 1 unspecified atom stereocenters. The van der Waals surface area contributed by atoms with Gasteiger partial charge in [0.2, 0.25) is 0 Å². The average Bonchev–Trinajstić information content (AvgIpc) is 2.41. The topological polar surface area (TPSA) is 42.1 Å². The highest BCUT2D eigenvalue weighted by molar-refractivity contribution is 9.10. The van der Waals surface area contributed by atoms with Crippen molar-refractivity contribution in [2.24, 2.45) is 0 Å². The molecule has 1 atom stereocenters. The minimum absolute atomic E-state index is 0.575. The maximum atomic E-state index is 6.08. The third kappa shape index (κ3) is 2.29. The van der Waals surface area contributed by atoms with Crippen LogP contribution in [0.2, 0.25) is 0 Å². The quantitative estimate of drug-likeness (QED) is 0.809. The van der Waals surface area contributed by atoms with E-state index in [2.05, 4.69) is 44.9 Å². The molecule has 1 aliphatic rings. The zero-order valence-electron chi connectivity index (χ0n) is 11.1. The van der Waals surface area contributed by atoms with Crippen LogP contribution in [0, 0.1) is 0 Å². The monoisotopic (exact) mass is 319 g/mol. The van der Waals surface area contributed by atoms with Crippen LogP contribution in [0.25, 0.3) is 10.9 Å². The lowest BCUT2D eigenvalue weighted by Gasteiger charge is -2.36. The van der Waals surface area contributed by atoms with E-state index in [0.29, 0.717) is 6.04 Å². The highest BCUT2D eigenvalue weighted by atomic mass is 79.9. The number of nitrogen functional groups attached to an aromatic ring is 1. The van der Waals surface area contributed by atoms with Crippen LogP contribution >= 0.6 is 15.9 Å². The number of pyridine rings is 1. The normalized spacial score (nSPS) is 19.9. The van der Waals surface area contributed by atoms with Crippen LogP contribution in [0.15, 0.2) is 28.9 Å². The van der Waals surface area contributed by atoms with E-state index in [9.17, 15) is 0 Å². The number of aromatic nitrogens is 1. The van der Waals surface area contributed by atoms with Crippen LogP contribution in [-0.4, -0.2) is 17.6 Å². The average molecular weight is 320 g/mol. The summed E-state index contributed by atoms with van der Waals surface area (Å²) in [5, 5.41) is 1.03. The Kier molecular flexibility index (Phi) is 3.35. The molecule has 0 radical (unpaired) electrons. The molecule has 0 amide bonds. The fraction of sp³-hybridized carbons (Fsp3) is 0.400. The molecular weight excluding hydrogens is 302 g/mol. The number of nitrogens with zero attached hydrogens (tertiary/aromatic N) is 2. The van der Waals surface area contributed by atoms with Gasteiger partial charge >= 0.3 is 0 Å². The van der Waals surface area contributed by atoms with Crippen molar-refractivity contribution in [1.29, 1.82) is 0 Å². The van der Waals surface area contributed by atoms with Crippen molar-refractivity contribution in [3.63, 3.8) is 0 Å². The molecule has 4 heteroatoms. The van der Waals surface area contributed by atoms with E-state index in [1.165, 1.54) is 24.9 Å². The molecule has 3 rings (SSSR count). The molecule has 3 nitrogen and oxygen atoms in total. The molecule has 19 heavy (non-hydrogen) atoms. The fourth-order valence-corrected chi connectivity index (χ4v) is 3.22. The Bertz CT molecular complexity index is 612. The van der Waals surface area contributed by atoms with Crippen LogP contribution in [0.1, 0.15) is 26.2 Å². The Morgan fingerprint density at radius 2 is 2.21 bits per heavy atom. The lowest BCUT2D eigenvalue weighted by atomic mass is 10.0. The molecule has 2 heterocycles. The summed E-state index contributed by atoms with van der Waals surface area (Å²) in [7, 11) is 0. The molecule has 0 saturated carbocycles. The van der Waals surface area contributed by atoms with Crippen molar-refractivity contribution in [3.05, 3.63) is 28.9 Å². The van der Waals surface area contributed by atoms with Gasteiger partial charge in [-0.05, 0) is 60.3 Å². The summed E-state index contributed by atoms with van der Waals surface area (Å²) in [5.41, 5.74) is 9.09. The number of benzene rings is 1. The molecule has 0 spiro atoms. The van der Waals surface area contributed by atoms with Gasteiger partial charge in [0.25, 0.3) is 0 Å². The summed E-state index contributed by atoms with van der Waals surface area (Å²) >= 11 is 3.47. The van der Waals surface area contributed by atoms with Crippen LogP contribution in [0.5, 0.6) is 0 Å². The van der Waals surface area contributed by atoms with Crippen LogP contribution in [0.3, 0.4) is 0 Å². The Morgan fingerprint density at radius 1 is 1.37 bits per heavy atom. The largest absolute Gasteiger partial charge is 0.398 e. The molecule has 100 valence electrons. The summed E-state index contributed by atoms with van der Waals surface area (Å²) in [6.45, 7) is 3.40. The molecule has 1 fully saturated rings. The Balaban J connectivity index is 2.16. The Hall–Kier alpha value is -1.29. The predicted octanol–water partition coefficient (Wildman–Crippen LogP) is 3.96. The first-order chi connectivity index (χ1) is 9.16. The van der Waals surface area contributed by atoms with Crippen LogP contribution < -0.4 is 10.6 Å². The van der Waals surface area contributed by atoms with Gasteiger partial charge in [0.1, 0.15) is 0 Å². The zero-order valence-corrected chi connectivity index (χ0v) is 12.7. The van der Waals surface area contributed by atoms with E-state index in [0.717, 1.165) is 27.6 Å². The fourth-order valence-electron chi connectivity index (χ4n) is 2.89. The van der Waals surface area contributed by atoms with E-state index in [1.54, 1.807) is 0 Å². The standard InChI is InChI=1S/C15H18BrN3/c1-10-4-2-3-7-19(10)14-6-5-13(17)12-8-11(16)9-18-15(12)14/h5-6,8-10H,2-4,7,17H2,1H3. The Morgan fingerprint density at radius 3 is 3.00 bits per heavy atom. The van der Waals surface area contributed by atoms with E-state index >= 15 is 0 Å². The van der Waals surface area contributed by atoms with Crippen LogP contribution in [-0.2, 0) is 0 Å². The molecule has 0 bridgehead atoms. The number of hydrogen-bond acceptors (Lipinski definition) is 3.